The molecule has 1 aliphatic carbocycles. The van der Waals surface area contributed by atoms with Gasteiger partial charge >= 0.3 is 0 Å². The highest BCUT2D eigenvalue weighted by Crippen LogP contribution is 2.36. The maximum atomic E-state index is 12.4. The number of allylic oxidation sites excluding steroid dienone is 1. The number of aryl methyl sites for hydroxylation is 2. The van der Waals surface area contributed by atoms with Crippen LogP contribution in [0.15, 0.2) is 36.4 Å². The lowest BCUT2D eigenvalue weighted by atomic mass is 10.0. The minimum Gasteiger partial charge on any atom is -0.506 e. The lowest BCUT2D eigenvalue weighted by Crippen LogP contribution is -2.01. The largest absolute Gasteiger partial charge is 0.506 e. The number of aliphatic hydroxyl groups excluding tert-OH is 1. The third-order valence-electron chi connectivity index (χ3n) is 3.24. The molecule has 1 aromatic heterocycles. The number of hydrogen-bond donors (Lipinski definition) is 1. The Labute approximate surface area is 111 Å². The molecule has 0 spiro atoms. The molecule has 1 aliphatic rings. The fraction of sp³-hybridized carbons (Fsp3) is 0.125. The summed E-state index contributed by atoms with van der Waals surface area (Å²) in [4.78, 5) is 16.7. The van der Waals surface area contributed by atoms with Gasteiger partial charge in [0.15, 0.2) is 5.78 Å². The molecule has 0 aliphatic heterocycles. The molecule has 0 unspecified atom stereocenters. The number of hydrogen-bond acceptors (Lipinski definition) is 3. The van der Waals surface area contributed by atoms with Gasteiger partial charge in [-0.25, -0.2) is 0 Å². The molecule has 94 valence electrons. The number of pyridine rings is 1. The molecular formula is C16H13NO2. The number of Topliss-reactive ketones (excluding diaryl/α,β-unsaturated/α-hetero) is 1. The Balaban J connectivity index is 2.22. The van der Waals surface area contributed by atoms with Crippen LogP contribution in [0.25, 0.3) is 11.3 Å². The molecular weight excluding hydrogens is 238 g/mol. The highest BCUT2D eigenvalue weighted by Gasteiger charge is 2.31. The Morgan fingerprint density at radius 3 is 2.37 bits per heavy atom. The van der Waals surface area contributed by atoms with E-state index < -0.39 is 0 Å². The first-order valence-corrected chi connectivity index (χ1v) is 6.11. The lowest BCUT2D eigenvalue weighted by Gasteiger charge is -2.04. The van der Waals surface area contributed by atoms with Gasteiger partial charge in [0.1, 0.15) is 5.76 Å². The normalized spacial score (nSPS) is 13.9. The van der Waals surface area contributed by atoms with E-state index in [1.165, 1.54) is 0 Å². The van der Waals surface area contributed by atoms with Crippen LogP contribution in [0, 0.1) is 13.8 Å². The molecule has 3 heteroatoms. The highest BCUT2D eigenvalue weighted by molar-refractivity contribution is 6.38. The van der Waals surface area contributed by atoms with E-state index in [1.54, 1.807) is 24.3 Å². The highest BCUT2D eigenvalue weighted by atomic mass is 16.3. The molecule has 3 nitrogen and oxygen atoms in total. The molecule has 1 N–H and O–H groups in total. The number of carbonyl (C=O) groups is 1. The zero-order chi connectivity index (χ0) is 13.6. The Bertz CT molecular complexity index is 709. The SMILES string of the molecule is Cc1cc(C)nc(C2=C(O)c3ccccc3C2=O)c1. The third kappa shape index (κ3) is 1.74. The maximum Gasteiger partial charge on any atom is 0.199 e. The van der Waals surface area contributed by atoms with Crippen LogP contribution in [0.2, 0.25) is 0 Å². The van der Waals surface area contributed by atoms with Crippen LogP contribution in [0.5, 0.6) is 0 Å². The lowest BCUT2D eigenvalue weighted by molar-refractivity contribution is 0.105. The number of ketones is 1. The van der Waals surface area contributed by atoms with Gasteiger partial charge < -0.3 is 5.11 Å². The summed E-state index contributed by atoms with van der Waals surface area (Å²) < 4.78 is 0. The molecule has 1 heterocycles. The predicted octanol–water partition coefficient (Wildman–Crippen LogP) is 3.32. The van der Waals surface area contributed by atoms with Gasteiger partial charge in [0, 0.05) is 16.8 Å². The molecule has 0 atom stereocenters. The Morgan fingerprint density at radius 2 is 1.74 bits per heavy atom. The van der Waals surface area contributed by atoms with Gasteiger partial charge in [-0.1, -0.05) is 24.3 Å². The second kappa shape index (κ2) is 4.05. The van der Waals surface area contributed by atoms with Crippen molar-refractivity contribution in [2.75, 3.05) is 0 Å². The maximum absolute atomic E-state index is 12.4. The standard InChI is InChI=1S/C16H13NO2/c1-9-7-10(2)17-13(8-9)14-15(18)11-5-3-4-6-12(11)16(14)19/h3-8,18H,1-2H3. The van der Waals surface area contributed by atoms with E-state index in [0.717, 1.165) is 11.3 Å². The van der Waals surface area contributed by atoms with Crippen molar-refractivity contribution in [3.63, 3.8) is 0 Å². The molecule has 0 saturated heterocycles. The fourth-order valence-corrected chi connectivity index (χ4v) is 2.47. The van der Waals surface area contributed by atoms with Crippen molar-refractivity contribution in [2.24, 2.45) is 0 Å². The van der Waals surface area contributed by atoms with Crippen molar-refractivity contribution < 1.29 is 9.90 Å². The number of aromatic nitrogens is 1. The topological polar surface area (TPSA) is 50.2 Å². The van der Waals surface area contributed by atoms with Crippen molar-refractivity contribution in [1.29, 1.82) is 0 Å². The first-order chi connectivity index (χ1) is 9.08. The molecule has 19 heavy (non-hydrogen) atoms. The summed E-state index contributed by atoms with van der Waals surface area (Å²) in [5.41, 5.74) is 3.81. The average molecular weight is 251 g/mol. The number of fused-ring (bicyclic) bond motifs is 1. The van der Waals surface area contributed by atoms with Crippen LogP contribution in [0.3, 0.4) is 0 Å². The molecule has 1 aromatic carbocycles. The molecule has 0 fully saturated rings. The summed E-state index contributed by atoms with van der Waals surface area (Å²) in [6.45, 7) is 3.82. The van der Waals surface area contributed by atoms with Crippen molar-refractivity contribution in [3.05, 3.63) is 64.5 Å². The van der Waals surface area contributed by atoms with Crippen LogP contribution in [-0.4, -0.2) is 15.9 Å². The Hall–Kier alpha value is -2.42. The zero-order valence-electron chi connectivity index (χ0n) is 10.8. The van der Waals surface area contributed by atoms with Crippen LogP contribution >= 0.6 is 0 Å². The van der Waals surface area contributed by atoms with Crippen molar-refractivity contribution in [2.45, 2.75) is 13.8 Å². The second-order valence-corrected chi connectivity index (χ2v) is 4.77. The van der Waals surface area contributed by atoms with Crippen LogP contribution < -0.4 is 0 Å². The van der Waals surface area contributed by atoms with Gasteiger partial charge in [-0.2, -0.15) is 0 Å². The van der Waals surface area contributed by atoms with Gasteiger partial charge in [0.2, 0.25) is 0 Å². The Morgan fingerprint density at radius 1 is 1.05 bits per heavy atom. The van der Waals surface area contributed by atoms with Gasteiger partial charge in [-0.15, -0.1) is 0 Å². The summed E-state index contributed by atoms with van der Waals surface area (Å²) in [6.07, 6.45) is 0. The molecule has 2 aromatic rings. The second-order valence-electron chi connectivity index (χ2n) is 4.77. The summed E-state index contributed by atoms with van der Waals surface area (Å²) in [7, 11) is 0. The Kier molecular flexibility index (Phi) is 2.49. The van der Waals surface area contributed by atoms with E-state index in [2.05, 4.69) is 4.98 Å². The van der Waals surface area contributed by atoms with Gasteiger partial charge in [-0.05, 0) is 31.5 Å². The minimum absolute atomic E-state index is 0.0260. The monoisotopic (exact) mass is 251 g/mol. The number of rotatable bonds is 1. The van der Waals surface area contributed by atoms with Crippen molar-refractivity contribution >= 4 is 17.1 Å². The smallest absolute Gasteiger partial charge is 0.199 e. The van der Waals surface area contributed by atoms with E-state index in [9.17, 15) is 9.90 Å². The summed E-state index contributed by atoms with van der Waals surface area (Å²) >= 11 is 0. The summed E-state index contributed by atoms with van der Waals surface area (Å²) in [5, 5.41) is 10.3. The minimum atomic E-state index is -0.161. The third-order valence-corrected chi connectivity index (χ3v) is 3.24. The van der Waals surface area contributed by atoms with Crippen molar-refractivity contribution in [3.8, 4) is 0 Å². The van der Waals surface area contributed by atoms with E-state index in [0.29, 0.717) is 22.4 Å². The van der Waals surface area contributed by atoms with Gasteiger partial charge in [0.25, 0.3) is 0 Å². The first-order valence-electron chi connectivity index (χ1n) is 6.11. The van der Waals surface area contributed by atoms with Gasteiger partial charge in [-0.3, -0.25) is 9.78 Å². The molecule has 0 saturated carbocycles. The van der Waals surface area contributed by atoms with E-state index in [-0.39, 0.29) is 11.5 Å². The van der Waals surface area contributed by atoms with E-state index in [4.69, 9.17) is 0 Å². The number of carbonyl (C=O) groups excluding carboxylic acids is 1. The van der Waals surface area contributed by atoms with E-state index in [1.807, 2.05) is 26.0 Å². The summed E-state index contributed by atoms with van der Waals surface area (Å²) in [5.74, 6) is -0.135. The zero-order valence-corrected chi connectivity index (χ0v) is 10.8. The number of nitrogens with zero attached hydrogens (tertiary/aromatic N) is 1. The van der Waals surface area contributed by atoms with Crippen LogP contribution in [0.1, 0.15) is 32.9 Å². The van der Waals surface area contributed by atoms with Crippen molar-refractivity contribution in [1.82, 2.24) is 4.98 Å². The number of aliphatic hydroxyl groups is 1. The average Bonchev–Trinajstić information content (AvgIpc) is 2.61. The quantitative estimate of drug-likeness (QED) is 0.845. The van der Waals surface area contributed by atoms with Crippen LogP contribution in [-0.2, 0) is 0 Å². The summed E-state index contributed by atoms with van der Waals surface area (Å²) in [6, 6.07) is 10.8. The molecule has 3 rings (SSSR count). The van der Waals surface area contributed by atoms with Crippen LogP contribution in [0.4, 0.5) is 0 Å². The molecule has 0 amide bonds. The molecule has 0 bridgehead atoms. The predicted molar refractivity (Wildman–Crippen MR) is 73.9 cm³/mol. The van der Waals surface area contributed by atoms with Gasteiger partial charge in [0.05, 0.1) is 11.3 Å². The fourth-order valence-electron chi connectivity index (χ4n) is 2.47. The van der Waals surface area contributed by atoms with E-state index >= 15 is 0 Å². The first kappa shape index (κ1) is 11.7. The molecule has 0 radical (unpaired) electrons. The number of benzene rings is 1.